The maximum absolute atomic E-state index is 5.97. The van der Waals surface area contributed by atoms with Crippen molar-refractivity contribution in [1.82, 2.24) is 4.98 Å². The fraction of sp³-hybridized carbons (Fsp3) is 0.500. The fourth-order valence-corrected chi connectivity index (χ4v) is 2.20. The van der Waals surface area contributed by atoms with Gasteiger partial charge in [0.2, 0.25) is 0 Å². The van der Waals surface area contributed by atoms with Crippen molar-refractivity contribution in [3.8, 4) is 0 Å². The minimum atomic E-state index is 0.276. The molecule has 0 atom stereocenters. The van der Waals surface area contributed by atoms with Crippen LogP contribution in [0.4, 0.5) is 5.82 Å². The molecule has 1 aromatic rings. The Labute approximate surface area is 115 Å². The van der Waals surface area contributed by atoms with Crippen molar-refractivity contribution >= 4 is 52.4 Å². The summed E-state index contributed by atoms with van der Waals surface area (Å²) in [4.78, 5) is 4.08. The first-order chi connectivity index (χ1) is 7.65. The summed E-state index contributed by atoms with van der Waals surface area (Å²) < 4.78 is 0. The number of pyridine rings is 1. The number of thioether (sulfide) groups is 1. The molecule has 0 fully saturated rings. The molecule has 16 heavy (non-hydrogen) atoms. The highest BCUT2D eigenvalue weighted by molar-refractivity contribution is 7.98. The Balaban J connectivity index is 2.45. The molecule has 0 unspecified atom stereocenters. The molecule has 1 rings (SSSR count). The standard InChI is InChI=1S/C10H13Cl3N2S/c1-16-5-3-2-4-14-10-8(12)6-7(11)9(13)15-10/h6H,2-5H2,1H3,(H,14,15). The average Bonchev–Trinajstić information content (AvgIpc) is 2.25. The molecule has 0 bridgehead atoms. The van der Waals surface area contributed by atoms with Gasteiger partial charge in [0, 0.05) is 6.54 Å². The summed E-state index contributed by atoms with van der Waals surface area (Å²) in [6, 6.07) is 1.60. The second-order valence-corrected chi connectivity index (χ2v) is 5.38. The number of anilines is 1. The molecule has 0 radical (unpaired) electrons. The normalized spacial score (nSPS) is 10.5. The van der Waals surface area contributed by atoms with E-state index in [0.717, 1.165) is 13.0 Å². The van der Waals surface area contributed by atoms with Crippen LogP contribution in [0.2, 0.25) is 15.2 Å². The first kappa shape index (κ1) is 14.2. The molecule has 2 nitrogen and oxygen atoms in total. The number of unbranched alkanes of at least 4 members (excludes halogenated alkanes) is 1. The summed E-state index contributed by atoms with van der Waals surface area (Å²) in [5.41, 5.74) is 0. The van der Waals surface area contributed by atoms with Gasteiger partial charge in [0.1, 0.15) is 11.0 Å². The molecule has 0 aliphatic heterocycles. The molecule has 1 N–H and O–H groups in total. The van der Waals surface area contributed by atoms with Crippen molar-refractivity contribution in [3.63, 3.8) is 0 Å². The van der Waals surface area contributed by atoms with Gasteiger partial charge in [-0.15, -0.1) is 0 Å². The summed E-state index contributed by atoms with van der Waals surface area (Å²) in [5.74, 6) is 1.77. The van der Waals surface area contributed by atoms with Crippen molar-refractivity contribution < 1.29 is 0 Å². The Morgan fingerprint density at radius 3 is 2.69 bits per heavy atom. The quantitative estimate of drug-likeness (QED) is 0.614. The van der Waals surface area contributed by atoms with E-state index < -0.39 is 0 Å². The Hall–Kier alpha value is 0.170. The number of nitrogens with one attached hydrogen (secondary N) is 1. The number of nitrogens with zero attached hydrogens (tertiary/aromatic N) is 1. The van der Waals surface area contributed by atoms with Crippen LogP contribution in [0.5, 0.6) is 0 Å². The smallest absolute Gasteiger partial charge is 0.150 e. The molecule has 1 aromatic heterocycles. The molecule has 1 heterocycles. The second kappa shape index (κ2) is 7.49. The van der Waals surface area contributed by atoms with Gasteiger partial charge < -0.3 is 5.32 Å². The Morgan fingerprint density at radius 2 is 2.00 bits per heavy atom. The number of rotatable bonds is 6. The first-order valence-electron chi connectivity index (χ1n) is 4.89. The van der Waals surface area contributed by atoms with E-state index >= 15 is 0 Å². The van der Waals surface area contributed by atoms with Crippen molar-refractivity contribution in [2.24, 2.45) is 0 Å². The molecule has 0 saturated carbocycles. The van der Waals surface area contributed by atoms with Crippen LogP contribution in [0.15, 0.2) is 6.07 Å². The Bertz CT molecular complexity index is 347. The second-order valence-electron chi connectivity index (χ2n) is 3.22. The Morgan fingerprint density at radius 1 is 1.25 bits per heavy atom. The minimum absolute atomic E-state index is 0.276. The molecular weight excluding hydrogens is 287 g/mol. The van der Waals surface area contributed by atoms with Crippen molar-refractivity contribution in [2.45, 2.75) is 12.8 Å². The first-order valence-corrected chi connectivity index (χ1v) is 7.42. The van der Waals surface area contributed by atoms with Crippen LogP contribution in [0.3, 0.4) is 0 Å². The summed E-state index contributed by atoms with van der Waals surface area (Å²) >= 11 is 19.4. The van der Waals surface area contributed by atoms with Crippen LogP contribution in [0.1, 0.15) is 12.8 Å². The lowest BCUT2D eigenvalue weighted by Gasteiger charge is -2.08. The van der Waals surface area contributed by atoms with E-state index in [9.17, 15) is 0 Å². The summed E-state index contributed by atoms with van der Waals surface area (Å²) in [6.07, 6.45) is 4.36. The maximum Gasteiger partial charge on any atom is 0.150 e. The molecule has 0 saturated heterocycles. The monoisotopic (exact) mass is 298 g/mol. The van der Waals surface area contributed by atoms with Gasteiger partial charge in [0.25, 0.3) is 0 Å². The zero-order valence-corrected chi connectivity index (χ0v) is 12.0. The minimum Gasteiger partial charge on any atom is -0.369 e. The third kappa shape index (κ3) is 4.58. The predicted octanol–water partition coefficient (Wildman–Crippen LogP) is 4.60. The zero-order valence-electron chi connectivity index (χ0n) is 8.90. The topological polar surface area (TPSA) is 24.9 Å². The van der Waals surface area contributed by atoms with Gasteiger partial charge in [-0.25, -0.2) is 4.98 Å². The van der Waals surface area contributed by atoms with E-state index in [1.807, 2.05) is 11.8 Å². The fourth-order valence-electron chi connectivity index (χ4n) is 1.15. The molecule has 0 spiro atoms. The lowest BCUT2D eigenvalue weighted by molar-refractivity contribution is 0.840. The van der Waals surface area contributed by atoms with E-state index in [4.69, 9.17) is 34.8 Å². The van der Waals surface area contributed by atoms with E-state index in [2.05, 4.69) is 16.6 Å². The lowest BCUT2D eigenvalue weighted by atomic mass is 10.3. The largest absolute Gasteiger partial charge is 0.369 e. The third-order valence-corrected chi connectivity index (χ3v) is 3.61. The van der Waals surface area contributed by atoms with Crippen LogP contribution in [0.25, 0.3) is 0 Å². The van der Waals surface area contributed by atoms with Gasteiger partial charge in [-0.2, -0.15) is 11.8 Å². The molecule has 0 aliphatic carbocycles. The predicted molar refractivity (Wildman–Crippen MR) is 75.4 cm³/mol. The lowest BCUT2D eigenvalue weighted by Crippen LogP contribution is -2.04. The molecule has 90 valence electrons. The van der Waals surface area contributed by atoms with Crippen LogP contribution in [0, 0.1) is 0 Å². The van der Waals surface area contributed by atoms with E-state index in [1.165, 1.54) is 12.2 Å². The zero-order chi connectivity index (χ0) is 12.0. The SMILES string of the molecule is CSCCCCNc1nc(Cl)c(Cl)cc1Cl. The molecule has 0 amide bonds. The van der Waals surface area contributed by atoms with Gasteiger partial charge in [-0.05, 0) is 30.9 Å². The summed E-state index contributed by atoms with van der Waals surface area (Å²) in [7, 11) is 0. The van der Waals surface area contributed by atoms with Crippen molar-refractivity contribution in [1.29, 1.82) is 0 Å². The highest BCUT2D eigenvalue weighted by Gasteiger charge is 2.06. The van der Waals surface area contributed by atoms with E-state index in [0.29, 0.717) is 15.9 Å². The summed E-state index contributed by atoms with van der Waals surface area (Å²) in [6.45, 7) is 0.839. The van der Waals surface area contributed by atoms with E-state index in [-0.39, 0.29) is 5.15 Å². The van der Waals surface area contributed by atoms with Crippen molar-refractivity contribution in [2.75, 3.05) is 23.9 Å². The maximum atomic E-state index is 5.97. The van der Waals surface area contributed by atoms with Gasteiger partial charge in [-0.1, -0.05) is 34.8 Å². The number of hydrogen-bond donors (Lipinski definition) is 1. The van der Waals surface area contributed by atoms with Gasteiger partial charge in [-0.3, -0.25) is 0 Å². The van der Waals surface area contributed by atoms with Crippen LogP contribution < -0.4 is 5.32 Å². The number of halogens is 3. The number of aromatic nitrogens is 1. The van der Waals surface area contributed by atoms with Crippen LogP contribution in [-0.4, -0.2) is 23.5 Å². The van der Waals surface area contributed by atoms with Crippen LogP contribution >= 0.6 is 46.6 Å². The average molecular weight is 300 g/mol. The molecule has 0 aromatic carbocycles. The molecule has 6 heteroatoms. The molecule has 0 aliphatic rings. The summed E-state index contributed by atoms with van der Waals surface area (Å²) in [5, 5.41) is 4.29. The van der Waals surface area contributed by atoms with Gasteiger partial charge in [0.15, 0.2) is 0 Å². The third-order valence-electron chi connectivity index (χ3n) is 1.95. The van der Waals surface area contributed by atoms with E-state index in [1.54, 1.807) is 6.07 Å². The van der Waals surface area contributed by atoms with Crippen molar-refractivity contribution in [3.05, 3.63) is 21.3 Å². The number of hydrogen-bond acceptors (Lipinski definition) is 3. The van der Waals surface area contributed by atoms with Crippen LogP contribution in [-0.2, 0) is 0 Å². The highest BCUT2D eigenvalue weighted by Crippen LogP contribution is 2.28. The molecular formula is C10H13Cl3N2S. The Kier molecular flexibility index (Phi) is 6.66. The van der Waals surface area contributed by atoms with Gasteiger partial charge in [0.05, 0.1) is 10.0 Å². The van der Waals surface area contributed by atoms with Gasteiger partial charge >= 0.3 is 0 Å². The highest BCUT2D eigenvalue weighted by atomic mass is 35.5.